The molecule has 2 rings (SSSR count). The van der Waals surface area contributed by atoms with Gasteiger partial charge in [0.1, 0.15) is 11.2 Å². The Morgan fingerprint density at radius 2 is 2.11 bits per heavy atom. The Balaban J connectivity index is 2.26. The topological polar surface area (TPSA) is 70.5 Å². The van der Waals surface area contributed by atoms with Crippen LogP contribution in [0.3, 0.4) is 0 Å². The zero-order chi connectivity index (χ0) is 14.0. The third-order valence-electron chi connectivity index (χ3n) is 3.09. The summed E-state index contributed by atoms with van der Waals surface area (Å²) < 4.78 is 0. The van der Waals surface area contributed by atoms with E-state index in [-0.39, 0.29) is 21.6 Å². The van der Waals surface area contributed by atoms with E-state index in [9.17, 15) is 9.59 Å². The first-order chi connectivity index (χ1) is 9.00. The summed E-state index contributed by atoms with van der Waals surface area (Å²) in [5.41, 5.74) is 0.252. The second-order valence-electron chi connectivity index (χ2n) is 4.34. The molecule has 1 aromatic heterocycles. The third-order valence-corrected chi connectivity index (χ3v) is 3.78. The molecule has 0 saturated carbocycles. The summed E-state index contributed by atoms with van der Waals surface area (Å²) in [6.07, 6.45) is 3.38. The molecule has 0 unspecified atom stereocenters. The van der Waals surface area contributed by atoms with Crippen molar-refractivity contribution < 1.29 is 14.7 Å². The molecule has 0 spiro atoms. The van der Waals surface area contributed by atoms with Gasteiger partial charge in [-0.25, -0.2) is 9.78 Å². The SMILES string of the molecule is O=C(O)[C@@H]1CCCCN1C(=O)c1cnc(Cl)c(Cl)c1. The van der Waals surface area contributed by atoms with Crippen molar-refractivity contribution in [2.75, 3.05) is 6.54 Å². The average molecular weight is 303 g/mol. The average Bonchev–Trinajstić information content (AvgIpc) is 2.41. The zero-order valence-corrected chi connectivity index (χ0v) is 11.5. The van der Waals surface area contributed by atoms with Gasteiger partial charge >= 0.3 is 5.97 Å². The number of hydrogen-bond donors (Lipinski definition) is 1. The van der Waals surface area contributed by atoms with Crippen molar-refractivity contribution in [2.24, 2.45) is 0 Å². The van der Waals surface area contributed by atoms with Gasteiger partial charge in [0, 0.05) is 12.7 Å². The molecule has 1 aliphatic rings. The summed E-state index contributed by atoms with van der Waals surface area (Å²) in [7, 11) is 0. The lowest BCUT2D eigenvalue weighted by Crippen LogP contribution is -2.48. The van der Waals surface area contributed by atoms with E-state index < -0.39 is 12.0 Å². The minimum atomic E-state index is -0.985. The van der Waals surface area contributed by atoms with Crippen LogP contribution in [0.4, 0.5) is 0 Å². The number of piperidine rings is 1. The van der Waals surface area contributed by atoms with E-state index in [0.29, 0.717) is 13.0 Å². The fourth-order valence-electron chi connectivity index (χ4n) is 2.14. The number of amides is 1. The summed E-state index contributed by atoms with van der Waals surface area (Å²) in [6.45, 7) is 0.427. The normalized spacial score (nSPS) is 19.3. The smallest absolute Gasteiger partial charge is 0.326 e. The molecule has 1 aromatic rings. The maximum absolute atomic E-state index is 12.3. The molecule has 1 saturated heterocycles. The third kappa shape index (κ3) is 2.98. The molecule has 7 heteroatoms. The van der Waals surface area contributed by atoms with E-state index in [0.717, 1.165) is 12.8 Å². The van der Waals surface area contributed by atoms with Crippen LogP contribution in [-0.2, 0) is 4.79 Å². The number of hydrogen-bond acceptors (Lipinski definition) is 3. The Morgan fingerprint density at radius 3 is 2.74 bits per heavy atom. The van der Waals surface area contributed by atoms with E-state index in [1.165, 1.54) is 17.2 Å². The van der Waals surface area contributed by atoms with Crippen LogP contribution in [0.25, 0.3) is 0 Å². The van der Waals surface area contributed by atoms with Crippen molar-refractivity contribution in [1.29, 1.82) is 0 Å². The predicted octanol–water partition coefficient (Wildman–Crippen LogP) is 2.47. The molecule has 1 aliphatic heterocycles. The second kappa shape index (κ2) is 5.75. The molecule has 1 fully saturated rings. The van der Waals surface area contributed by atoms with Crippen LogP contribution < -0.4 is 0 Å². The number of likely N-dealkylation sites (tertiary alicyclic amines) is 1. The van der Waals surface area contributed by atoms with Crippen molar-refractivity contribution in [3.63, 3.8) is 0 Å². The molecule has 5 nitrogen and oxygen atoms in total. The Hall–Kier alpha value is -1.33. The van der Waals surface area contributed by atoms with Crippen LogP contribution in [-0.4, -0.2) is 39.5 Å². The highest BCUT2D eigenvalue weighted by Crippen LogP contribution is 2.23. The van der Waals surface area contributed by atoms with E-state index in [1.54, 1.807) is 0 Å². The molecule has 2 heterocycles. The first-order valence-electron chi connectivity index (χ1n) is 5.85. The minimum Gasteiger partial charge on any atom is -0.480 e. The Bertz CT molecular complexity index is 522. The number of carboxylic acid groups (broad SMARTS) is 1. The first-order valence-corrected chi connectivity index (χ1v) is 6.61. The molecule has 102 valence electrons. The van der Waals surface area contributed by atoms with Crippen LogP contribution in [0.1, 0.15) is 29.6 Å². The Kier molecular flexibility index (Phi) is 4.27. The molecule has 19 heavy (non-hydrogen) atoms. The van der Waals surface area contributed by atoms with Gasteiger partial charge in [-0.15, -0.1) is 0 Å². The molecular weight excluding hydrogens is 291 g/mol. The van der Waals surface area contributed by atoms with E-state index >= 15 is 0 Å². The minimum absolute atomic E-state index is 0.117. The van der Waals surface area contributed by atoms with Crippen molar-refractivity contribution >= 4 is 35.1 Å². The highest BCUT2D eigenvalue weighted by molar-refractivity contribution is 6.41. The van der Waals surface area contributed by atoms with Gasteiger partial charge in [0.25, 0.3) is 5.91 Å². The lowest BCUT2D eigenvalue weighted by molar-refractivity contribution is -0.143. The number of aromatic nitrogens is 1. The molecule has 1 amide bonds. The number of carbonyl (C=O) groups is 2. The first kappa shape index (κ1) is 14.1. The van der Waals surface area contributed by atoms with Crippen LogP contribution >= 0.6 is 23.2 Å². The second-order valence-corrected chi connectivity index (χ2v) is 5.11. The number of nitrogens with zero attached hydrogens (tertiary/aromatic N) is 2. The zero-order valence-electron chi connectivity index (χ0n) is 9.97. The monoisotopic (exact) mass is 302 g/mol. The molecule has 0 radical (unpaired) electrons. The molecule has 0 bridgehead atoms. The molecule has 1 atom stereocenters. The molecule has 0 aliphatic carbocycles. The lowest BCUT2D eigenvalue weighted by Gasteiger charge is -2.32. The van der Waals surface area contributed by atoms with Crippen molar-refractivity contribution in [3.05, 3.63) is 28.0 Å². The van der Waals surface area contributed by atoms with Gasteiger partial charge in [0.2, 0.25) is 0 Å². The van der Waals surface area contributed by atoms with Gasteiger partial charge in [0.15, 0.2) is 0 Å². The van der Waals surface area contributed by atoms with Gasteiger partial charge in [-0.05, 0) is 25.3 Å². The maximum atomic E-state index is 12.3. The number of aliphatic carboxylic acids is 1. The summed E-state index contributed by atoms with van der Waals surface area (Å²) >= 11 is 11.5. The van der Waals surface area contributed by atoms with Crippen LogP contribution in [0.15, 0.2) is 12.3 Å². The van der Waals surface area contributed by atoms with E-state index in [4.69, 9.17) is 28.3 Å². The van der Waals surface area contributed by atoms with E-state index in [2.05, 4.69) is 4.98 Å². The van der Waals surface area contributed by atoms with Gasteiger partial charge in [0.05, 0.1) is 10.6 Å². The number of halogens is 2. The number of carbonyl (C=O) groups excluding carboxylic acids is 1. The van der Waals surface area contributed by atoms with Gasteiger partial charge < -0.3 is 10.0 Å². The Morgan fingerprint density at radius 1 is 1.37 bits per heavy atom. The van der Waals surface area contributed by atoms with Crippen LogP contribution in [0.5, 0.6) is 0 Å². The highest BCUT2D eigenvalue weighted by Gasteiger charge is 2.32. The number of rotatable bonds is 2. The van der Waals surface area contributed by atoms with Crippen molar-refractivity contribution in [1.82, 2.24) is 9.88 Å². The number of carboxylic acids is 1. The fraction of sp³-hybridized carbons (Fsp3) is 0.417. The summed E-state index contributed by atoms with van der Waals surface area (Å²) in [5, 5.41) is 9.44. The summed E-state index contributed by atoms with van der Waals surface area (Å²) in [5.74, 6) is -1.36. The van der Waals surface area contributed by atoms with Crippen molar-refractivity contribution in [3.8, 4) is 0 Å². The van der Waals surface area contributed by atoms with Gasteiger partial charge in [-0.2, -0.15) is 0 Å². The Labute approximate surface area is 120 Å². The van der Waals surface area contributed by atoms with Crippen LogP contribution in [0, 0.1) is 0 Å². The standard InChI is InChI=1S/C12H12Cl2N2O3/c13-8-5-7(6-15-10(8)14)11(17)16-4-2-1-3-9(16)12(18)19/h5-6,9H,1-4H2,(H,18,19)/t9-/m0/s1. The lowest BCUT2D eigenvalue weighted by atomic mass is 10.0. The maximum Gasteiger partial charge on any atom is 0.326 e. The molecular formula is C12H12Cl2N2O3. The fourth-order valence-corrected chi connectivity index (χ4v) is 2.41. The van der Waals surface area contributed by atoms with Crippen LogP contribution in [0.2, 0.25) is 10.2 Å². The molecule has 0 aromatic carbocycles. The predicted molar refractivity (Wildman–Crippen MR) is 70.6 cm³/mol. The van der Waals surface area contributed by atoms with Gasteiger partial charge in [-0.3, -0.25) is 4.79 Å². The van der Waals surface area contributed by atoms with Crippen molar-refractivity contribution in [2.45, 2.75) is 25.3 Å². The quantitative estimate of drug-likeness (QED) is 0.852. The highest BCUT2D eigenvalue weighted by atomic mass is 35.5. The summed E-state index contributed by atoms with van der Waals surface area (Å²) in [6, 6.07) is 0.628. The largest absolute Gasteiger partial charge is 0.480 e. The number of pyridine rings is 1. The van der Waals surface area contributed by atoms with E-state index in [1.807, 2.05) is 0 Å². The summed E-state index contributed by atoms with van der Waals surface area (Å²) in [4.78, 5) is 28.6. The molecule has 1 N–H and O–H groups in total. The van der Waals surface area contributed by atoms with Gasteiger partial charge in [-0.1, -0.05) is 23.2 Å².